The van der Waals surface area contributed by atoms with Crippen molar-refractivity contribution in [2.24, 2.45) is 0 Å². The van der Waals surface area contributed by atoms with E-state index in [1.54, 1.807) is 18.2 Å². The molecule has 0 radical (unpaired) electrons. The fourth-order valence-corrected chi connectivity index (χ4v) is 3.59. The number of benzene rings is 1. The Hall–Kier alpha value is -1.11. The van der Waals surface area contributed by atoms with Crippen LogP contribution >= 0.6 is 11.6 Å². The van der Waals surface area contributed by atoms with Crippen LogP contribution < -0.4 is 5.32 Å². The normalized spacial score (nSPS) is 18.4. The van der Waals surface area contributed by atoms with Gasteiger partial charge in [0, 0.05) is 17.3 Å². The minimum absolute atomic E-state index is 0.122. The molecule has 1 aliphatic heterocycles. The van der Waals surface area contributed by atoms with Gasteiger partial charge in [0.15, 0.2) is 0 Å². The molecule has 1 N–H and O–H groups in total. The summed E-state index contributed by atoms with van der Waals surface area (Å²) in [7, 11) is -3.25. The highest BCUT2D eigenvalue weighted by molar-refractivity contribution is 7.89. The molecule has 0 atom stereocenters. The molecule has 1 aliphatic rings. The Bertz CT molecular complexity index is 601. The Kier molecular flexibility index (Phi) is 4.13. The third-order valence-electron chi connectivity index (χ3n) is 3.00. The number of amides is 1. The molecule has 0 bridgehead atoms. The molecule has 0 unspecified atom stereocenters. The molecule has 1 heterocycles. The maximum Gasteiger partial charge on any atom is 0.239 e. The Morgan fingerprint density at radius 2 is 2.21 bits per heavy atom. The number of nitrogens with one attached hydrogen (secondary N) is 1. The molecular weight excluding hydrogens is 288 g/mol. The molecule has 1 fully saturated rings. The summed E-state index contributed by atoms with van der Waals surface area (Å²) < 4.78 is 24.4. The van der Waals surface area contributed by atoms with Gasteiger partial charge >= 0.3 is 0 Å². The fraction of sp³-hybridized carbons (Fsp3) is 0.417. The van der Waals surface area contributed by atoms with Gasteiger partial charge in [-0.1, -0.05) is 17.7 Å². The number of carbonyl (C=O) groups is 1. The van der Waals surface area contributed by atoms with Gasteiger partial charge < -0.3 is 5.32 Å². The van der Waals surface area contributed by atoms with E-state index in [0.29, 0.717) is 23.7 Å². The second-order valence-electron chi connectivity index (χ2n) is 4.51. The van der Waals surface area contributed by atoms with Gasteiger partial charge in [0.05, 0.1) is 12.3 Å². The van der Waals surface area contributed by atoms with Crippen molar-refractivity contribution in [1.29, 1.82) is 0 Å². The van der Waals surface area contributed by atoms with Crippen molar-refractivity contribution >= 4 is 33.2 Å². The fourth-order valence-electron chi connectivity index (χ4n) is 1.95. The van der Waals surface area contributed by atoms with Gasteiger partial charge in [-0.15, -0.1) is 0 Å². The molecule has 0 saturated carbocycles. The van der Waals surface area contributed by atoms with Crippen LogP contribution in [-0.4, -0.2) is 37.5 Å². The average molecular weight is 303 g/mol. The molecule has 1 amide bonds. The second-order valence-corrected chi connectivity index (χ2v) is 7.04. The Balaban J connectivity index is 2.04. The number of sulfonamides is 1. The number of carbonyl (C=O) groups excluding carboxylic acids is 1. The van der Waals surface area contributed by atoms with Crippen LogP contribution in [0.1, 0.15) is 12.0 Å². The van der Waals surface area contributed by atoms with E-state index in [1.807, 2.05) is 6.92 Å². The largest absolute Gasteiger partial charge is 0.325 e. The van der Waals surface area contributed by atoms with E-state index in [0.717, 1.165) is 5.56 Å². The van der Waals surface area contributed by atoms with Crippen molar-refractivity contribution in [3.05, 3.63) is 28.8 Å². The number of aryl methyl sites for hydroxylation is 1. The third-order valence-corrected chi connectivity index (χ3v) is 5.14. The highest BCUT2D eigenvalue weighted by Crippen LogP contribution is 2.20. The molecule has 2 rings (SSSR count). The topological polar surface area (TPSA) is 66.5 Å². The average Bonchev–Trinajstić information content (AvgIpc) is 2.63. The lowest BCUT2D eigenvalue weighted by Crippen LogP contribution is -2.34. The molecule has 5 nitrogen and oxygen atoms in total. The number of hydrogen-bond acceptors (Lipinski definition) is 3. The van der Waals surface area contributed by atoms with Crippen LogP contribution in [0.15, 0.2) is 18.2 Å². The standard InChI is InChI=1S/C12H15ClN2O3S/c1-9-3-4-10(13)7-11(9)14-12(16)8-15-5-2-6-19(15,17)18/h3-4,7H,2,5-6,8H2,1H3,(H,14,16). The van der Waals surface area contributed by atoms with Gasteiger partial charge in [-0.2, -0.15) is 4.31 Å². The van der Waals surface area contributed by atoms with Crippen LogP contribution in [0.5, 0.6) is 0 Å². The van der Waals surface area contributed by atoms with E-state index in [2.05, 4.69) is 5.32 Å². The molecular formula is C12H15ClN2O3S. The third kappa shape index (κ3) is 3.46. The molecule has 19 heavy (non-hydrogen) atoms. The van der Waals surface area contributed by atoms with E-state index in [1.165, 1.54) is 4.31 Å². The lowest BCUT2D eigenvalue weighted by atomic mass is 10.2. The molecule has 0 aromatic heterocycles. The van der Waals surface area contributed by atoms with E-state index >= 15 is 0 Å². The Morgan fingerprint density at radius 1 is 1.47 bits per heavy atom. The van der Waals surface area contributed by atoms with Crippen LogP contribution in [0.25, 0.3) is 0 Å². The SMILES string of the molecule is Cc1ccc(Cl)cc1NC(=O)CN1CCCS1(=O)=O. The summed E-state index contributed by atoms with van der Waals surface area (Å²) in [6, 6.07) is 5.18. The van der Waals surface area contributed by atoms with Crippen LogP contribution in [0.4, 0.5) is 5.69 Å². The zero-order chi connectivity index (χ0) is 14.0. The van der Waals surface area contributed by atoms with Crippen LogP contribution in [0.2, 0.25) is 5.02 Å². The maximum atomic E-state index is 11.9. The summed E-state index contributed by atoms with van der Waals surface area (Å²) in [5.41, 5.74) is 1.48. The summed E-state index contributed by atoms with van der Waals surface area (Å²) in [4.78, 5) is 11.9. The minimum Gasteiger partial charge on any atom is -0.325 e. The number of rotatable bonds is 3. The van der Waals surface area contributed by atoms with Gasteiger partial charge in [0.1, 0.15) is 0 Å². The molecule has 1 saturated heterocycles. The molecule has 7 heteroatoms. The minimum atomic E-state index is -3.25. The predicted octanol–water partition coefficient (Wildman–Crippen LogP) is 1.62. The van der Waals surface area contributed by atoms with E-state index in [4.69, 9.17) is 11.6 Å². The first-order chi connectivity index (χ1) is 8.88. The zero-order valence-electron chi connectivity index (χ0n) is 10.5. The van der Waals surface area contributed by atoms with Gasteiger partial charge in [-0.3, -0.25) is 4.79 Å². The summed E-state index contributed by atoms with van der Waals surface area (Å²) >= 11 is 5.86. The number of anilines is 1. The van der Waals surface area contributed by atoms with Crippen molar-refractivity contribution in [2.45, 2.75) is 13.3 Å². The van der Waals surface area contributed by atoms with Crippen LogP contribution in [0, 0.1) is 6.92 Å². The van der Waals surface area contributed by atoms with Crippen molar-refractivity contribution in [1.82, 2.24) is 4.31 Å². The smallest absolute Gasteiger partial charge is 0.239 e. The van der Waals surface area contributed by atoms with Gasteiger partial charge in [0.25, 0.3) is 0 Å². The van der Waals surface area contributed by atoms with Crippen molar-refractivity contribution in [3.63, 3.8) is 0 Å². The number of halogens is 1. The summed E-state index contributed by atoms with van der Waals surface area (Å²) in [6.07, 6.45) is 0.575. The highest BCUT2D eigenvalue weighted by Gasteiger charge is 2.29. The monoisotopic (exact) mass is 302 g/mol. The number of hydrogen-bond donors (Lipinski definition) is 1. The molecule has 0 aliphatic carbocycles. The highest BCUT2D eigenvalue weighted by atomic mass is 35.5. The van der Waals surface area contributed by atoms with Crippen molar-refractivity contribution < 1.29 is 13.2 Å². The first kappa shape index (κ1) is 14.3. The second kappa shape index (κ2) is 5.48. The lowest BCUT2D eigenvalue weighted by molar-refractivity contribution is -0.116. The quantitative estimate of drug-likeness (QED) is 0.922. The first-order valence-corrected chi connectivity index (χ1v) is 7.91. The van der Waals surface area contributed by atoms with Gasteiger partial charge in [-0.05, 0) is 31.0 Å². The molecule has 1 aromatic carbocycles. The van der Waals surface area contributed by atoms with Crippen molar-refractivity contribution in [3.8, 4) is 0 Å². The Labute approximate surface area is 117 Å². The molecule has 1 aromatic rings. The first-order valence-electron chi connectivity index (χ1n) is 5.92. The van der Waals surface area contributed by atoms with Gasteiger partial charge in [0.2, 0.25) is 15.9 Å². The lowest BCUT2D eigenvalue weighted by Gasteiger charge is -2.14. The summed E-state index contributed by atoms with van der Waals surface area (Å²) in [5, 5.41) is 3.21. The predicted molar refractivity (Wildman–Crippen MR) is 74.8 cm³/mol. The van der Waals surface area contributed by atoms with E-state index in [9.17, 15) is 13.2 Å². The van der Waals surface area contributed by atoms with Gasteiger partial charge in [-0.25, -0.2) is 8.42 Å². The zero-order valence-corrected chi connectivity index (χ0v) is 12.1. The maximum absolute atomic E-state index is 11.9. The van der Waals surface area contributed by atoms with Crippen LogP contribution in [0.3, 0.4) is 0 Å². The molecule has 0 spiro atoms. The molecule has 104 valence electrons. The Morgan fingerprint density at radius 3 is 2.84 bits per heavy atom. The van der Waals surface area contributed by atoms with Crippen LogP contribution in [-0.2, 0) is 14.8 Å². The van der Waals surface area contributed by atoms with E-state index in [-0.39, 0.29) is 18.2 Å². The van der Waals surface area contributed by atoms with Crippen molar-refractivity contribution in [2.75, 3.05) is 24.2 Å². The van der Waals surface area contributed by atoms with E-state index < -0.39 is 10.0 Å². The number of nitrogens with zero attached hydrogens (tertiary/aromatic N) is 1. The summed E-state index contributed by atoms with van der Waals surface area (Å²) in [5.74, 6) is -0.230. The summed E-state index contributed by atoms with van der Waals surface area (Å²) in [6.45, 7) is 2.11.